The lowest BCUT2D eigenvalue weighted by Crippen LogP contribution is -2.21. The van der Waals surface area contributed by atoms with Crippen LogP contribution < -0.4 is 10.6 Å². The second kappa shape index (κ2) is 7.37. The van der Waals surface area contributed by atoms with E-state index in [4.69, 9.17) is 0 Å². The highest BCUT2D eigenvalue weighted by molar-refractivity contribution is 5.44. The van der Waals surface area contributed by atoms with Crippen LogP contribution in [0.25, 0.3) is 0 Å². The molecule has 1 aliphatic carbocycles. The van der Waals surface area contributed by atoms with Gasteiger partial charge in [0, 0.05) is 42.9 Å². The van der Waals surface area contributed by atoms with Crippen LogP contribution in [0.1, 0.15) is 37.1 Å². The summed E-state index contributed by atoms with van der Waals surface area (Å²) in [5.41, 5.74) is 2.14. The highest BCUT2D eigenvalue weighted by atomic mass is 16.3. The van der Waals surface area contributed by atoms with Gasteiger partial charge in [-0.2, -0.15) is 4.98 Å². The Hall–Kier alpha value is -2.21. The van der Waals surface area contributed by atoms with Crippen molar-refractivity contribution in [3.05, 3.63) is 41.9 Å². The minimum absolute atomic E-state index is 0.0550. The van der Waals surface area contributed by atoms with Gasteiger partial charge in [-0.25, -0.2) is 4.98 Å². The minimum Gasteiger partial charge on any atom is -0.394 e. The van der Waals surface area contributed by atoms with Gasteiger partial charge in [-0.3, -0.25) is 4.98 Å². The van der Waals surface area contributed by atoms with Crippen molar-refractivity contribution in [1.82, 2.24) is 15.0 Å². The average Bonchev–Trinajstić information content (AvgIpc) is 3.40. The molecule has 0 unspecified atom stereocenters. The molecule has 2 heterocycles. The highest BCUT2D eigenvalue weighted by Gasteiger charge is 2.26. The summed E-state index contributed by atoms with van der Waals surface area (Å²) in [5, 5.41) is 15.7. The summed E-state index contributed by atoms with van der Waals surface area (Å²) >= 11 is 0. The molecule has 2 aromatic heterocycles. The number of aliphatic hydroxyl groups is 1. The number of hydrogen-bond acceptors (Lipinski definition) is 6. The first-order chi connectivity index (χ1) is 11.2. The van der Waals surface area contributed by atoms with Gasteiger partial charge in [-0.15, -0.1) is 0 Å². The molecule has 0 amide bonds. The number of aliphatic hydroxyl groups excluding tert-OH is 1. The summed E-state index contributed by atoms with van der Waals surface area (Å²) < 4.78 is 0. The standard InChI is InChI=1S/C17H23N5O/c1-12(11-23)20-17-21-15(13-5-6-13)10-16(22-17)19-9-7-14-4-2-3-8-18-14/h2-4,8,10,12-13,23H,5-7,9,11H2,1H3,(H2,19,20,21,22)/t12-/m1/s1. The Labute approximate surface area is 136 Å². The van der Waals surface area contributed by atoms with E-state index >= 15 is 0 Å². The predicted octanol–water partition coefficient (Wildman–Crippen LogP) is 2.20. The molecule has 0 radical (unpaired) electrons. The quantitative estimate of drug-likeness (QED) is 0.693. The fourth-order valence-electron chi connectivity index (χ4n) is 2.34. The fraction of sp³-hybridized carbons (Fsp3) is 0.471. The summed E-state index contributed by atoms with van der Waals surface area (Å²) in [6.07, 6.45) is 5.04. The Morgan fingerprint density at radius 2 is 2.17 bits per heavy atom. The van der Waals surface area contributed by atoms with E-state index in [-0.39, 0.29) is 12.6 Å². The van der Waals surface area contributed by atoms with Crippen LogP contribution in [0.15, 0.2) is 30.5 Å². The fourth-order valence-corrected chi connectivity index (χ4v) is 2.34. The van der Waals surface area contributed by atoms with Crippen LogP contribution in [-0.2, 0) is 6.42 Å². The number of pyridine rings is 1. The molecule has 1 aliphatic rings. The zero-order valence-corrected chi connectivity index (χ0v) is 13.4. The van der Waals surface area contributed by atoms with Crippen LogP contribution >= 0.6 is 0 Å². The van der Waals surface area contributed by atoms with E-state index in [0.717, 1.165) is 30.2 Å². The molecule has 0 spiro atoms. The molecule has 6 heteroatoms. The Morgan fingerprint density at radius 1 is 1.30 bits per heavy atom. The molecule has 1 atom stereocenters. The van der Waals surface area contributed by atoms with E-state index in [1.54, 1.807) is 0 Å². The zero-order chi connectivity index (χ0) is 16.1. The number of nitrogens with one attached hydrogen (secondary N) is 2. The van der Waals surface area contributed by atoms with Crippen molar-refractivity contribution in [1.29, 1.82) is 0 Å². The summed E-state index contributed by atoms with van der Waals surface area (Å²) in [5.74, 6) is 1.96. The number of nitrogens with zero attached hydrogens (tertiary/aromatic N) is 3. The second-order valence-corrected chi connectivity index (χ2v) is 6.00. The van der Waals surface area contributed by atoms with Crippen molar-refractivity contribution >= 4 is 11.8 Å². The number of aromatic nitrogens is 3. The maximum absolute atomic E-state index is 9.18. The van der Waals surface area contributed by atoms with Gasteiger partial charge in [-0.1, -0.05) is 6.07 Å². The van der Waals surface area contributed by atoms with Crippen molar-refractivity contribution in [2.75, 3.05) is 23.8 Å². The molecule has 2 aromatic rings. The van der Waals surface area contributed by atoms with Gasteiger partial charge in [0.1, 0.15) is 5.82 Å². The van der Waals surface area contributed by atoms with Gasteiger partial charge in [-0.05, 0) is 31.9 Å². The largest absolute Gasteiger partial charge is 0.394 e. The summed E-state index contributed by atoms with van der Waals surface area (Å²) in [4.78, 5) is 13.4. The first-order valence-electron chi connectivity index (χ1n) is 8.15. The van der Waals surface area contributed by atoms with E-state index in [0.29, 0.717) is 11.9 Å². The summed E-state index contributed by atoms with van der Waals surface area (Å²) in [7, 11) is 0. The SMILES string of the molecule is C[C@H](CO)Nc1nc(NCCc2ccccn2)cc(C2CC2)n1. The molecule has 23 heavy (non-hydrogen) atoms. The van der Waals surface area contributed by atoms with E-state index in [9.17, 15) is 5.11 Å². The normalized spacial score (nSPS) is 15.2. The molecule has 1 fully saturated rings. The molecule has 0 bridgehead atoms. The van der Waals surface area contributed by atoms with Crippen molar-refractivity contribution < 1.29 is 5.11 Å². The Kier molecular flexibility index (Phi) is 5.02. The van der Waals surface area contributed by atoms with Gasteiger partial charge in [0.25, 0.3) is 0 Å². The van der Waals surface area contributed by atoms with Crippen molar-refractivity contribution in [3.63, 3.8) is 0 Å². The Morgan fingerprint density at radius 3 is 2.87 bits per heavy atom. The van der Waals surface area contributed by atoms with Gasteiger partial charge in [0.15, 0.2) is 0 Å². The molecule has 3 N–H and O–H groups in total. The van der Waals surface area contributed by atoms with Crippen LogP contribution in [0.3, 0.4) is 0 Å². The molecule has 0 saturated heterocycles. The molecule has 3 rings (SSSR count). The lowest BCUT2D eigenvalue weighted by molar-refractivity contribution is 0.281. The highest BCUT2D eigenvalue weighted by Crippen LogP contribution is 2.39. The third-order valence-corrected chi connectivity index (χ3v) is 3.80. The van der Waals surface area contributed by atoms with Crippen molar-refractivity contribution in [2.45, 2.75) is 38.1 Å². The zero-order valence-electron chi connectivity index (χ0n) is 13.4. The van der Waals surface area contributed by atoms with Gasteiger partial charge >= 0.3 is 0 Å². The summed E-state index contributed by atoms with van der Waals surface area (Å²) in [6, 6.07) is 7.91. The molecule has 0 aromatic carbocycles. The lowest BCUT2D eigenvalue weighted by atomic mass is 10.2. The van der Waals surface area contributed by atoms with E-state index in [2.05, 4.69) is 25.6 Å². The number of rotatable bonds is 8. The number of hydrogen-bond donors (Lipinski definition) is 3. The molecule has 122 valence electrons. The van der Waals surface area contributed by atoms with Gasteiger partial charge < -0.3 is 15.7 Å². The molecule has 1 saturated carbocycles. The number of anilines is 2. The Bertz CT molecular complexity index is 630. The summed E-state index contributed by atoms with van der Waals surface area (Å²) in [6.45, 7) is 2.73. The topological polar surface area (TPSA) is 83.0 Å². The minimum atomic E-state index is -0.0641. The van der Waals surface area contributed by atoms with Crippen molar-refractivity contribution in [3.8, 4) is 0 Å². The maximum Gasteiger partial charge on any atom is 0.225 e. The average molecular weight is 313 g/mol. The van der Waals surface area contributed by atoms with E-state index in [1.165, 1.54) is 12.8 Å². The van der Waals surface area contributed by atoms with E-state index < -0.39 is 0 Å². The first kappa shape index (κ1) is 15.7. The van der Waals surface area contributed by atoms with Gasteiger partial charge in [0.2, 0.25) is 5.95 Å². The third-order valence-electron chi connectivity index (χ3n) is 3.80. The molecule has 0 aliphatic heterocycles. The van der Waals surface area contributed by atoms with Gasteiger partial charge in [0.05, 0.1) is 12.3 Å². The smallest absolute Gasteiger partial charge is 0.225 e. The van der Waals surface area contributed by atoms with Crippen LogP contribution in [0.5, 0.6) is 0 Å². The molecule has 6 nitrogen and oxygen atoms in total. The van der Waals surface area contributed by atoms with Crippen LogP contribution in [0.2, 0.25) is 0 Å². The second-order valence-electron chi connectivity index (χ2n) is 6.00. The first-order valence-corrected chi connectivity index (χ1v) is 8.15. The molecular formula is C17H23N5O. The lowest BCUT2D eigenvalue weighted by Gasteiger charge is -2.14. The van der Waals surface area contributed by atoms with Crippen LogP contribution in [0, 0.1) is 0 Å². The van der Waals surface area contributed by atoms with E-state index in [1.807, 2.05) is 37.4 Å². The third kappa shape index (κ3) is 4.63. The molecular weight excluding hydrogens is 290 g/mol. The van der Waals surface area contributed by atoms with Crippen molar-refractivity contribution in [2.24, 2.45) is 0 Å². The predicted molar refractivity (Wildman–Crippen MR) is 90.6 cm³/mol. The monoisotopic (exact) mass is 313 g/mol. The maximum atomic E-state index is 9.18. The van der Waals surface area contributed by atoms with Crippen LogP contribution in [0.4, 0.5) is 11.8 Å². The Balaban J connectivity index is 1.65. The van der Waals surface area contributed by atoms with Crippen LogP contribution in [-0.4, -0.2) is 39.3 Å².